The van der Waals surface area contributed by atoms with Crippen LogP contribution in [-0.2, 0) is 9.53 Å². The van der Waals surface area contributed by atoms with E-state index in [1.54, 1.807) is 12.1 Å². The van der Waals surface area contributed by atoms with Crippen molar-refractivity contribution in [2.45, 2.75) is 19.1 Å². The van der Waals surface area contributed by atoms with E-state index in [1.807, 2.05) is 11.8 Å². The molecule has 3 atom stereocenters. The largest absolute Gasteiger partial charge is 0.442 e. The monoisotopic (exact) mass is 365 g/mol. The summed E-state index contributed by atoms with van der Waals surface area (Å²) in [5.41, 5.74) is 1.09. The number of nitrogens with one attached hydrogen (secondary N) is 1. The van der Waals surface area contributed by atoms with E-state index in [2.05, 4.69) is 10.2 Å². The molecule has 0 aliphatic carbocycles. The first-order valence-electron chi connectivity index (χ1n) is 8.39. The number of anilines is 2. The molecule has 8 heteroatoms. The van der Waals surface area contributed by atoms with Gasteiger partial charge in [0.1, 0.15) is 11.9 Å². The Kier molecular flexibility index (Phi) is 4.23. The highest BCUT2D eigenvalue weighted by molar-refractivity contribution is 7.99. The highest BCUT2D eigenvalue weighted by Gasteiger charge is 2.43. The molecule has 3 saturated heterocycles. The predicted molar refractivity (Wildman–Crippen MR) is 94.6 cm³/mol. The van der Waals surface area contributed by atoms with E-state index < -0.39 is 12.2 Å². The maximum Gasteiger partial charge on any atom is 0.414 e. The fraction of sp³-hybridized carbons (Fsp3) is 0.529. The van der Waals surface area contributed by atoms with Crippen LogP contribution >= 0.6 is 11.8 Å². The van der Waals surface area contributed by atoms with Gasteiger partial charge in [-0.15, -0.1) is 0 Å². The third-order valence-corrected chi connectivity index (χ3v) is 6.24. The number of thioether (sulfide) groups is 1. The molecule has 0 spiro atoms. The van der Waals surface area contributed by atoms with Gasteiger partial charge in [0.05, 0.1) is 24.5 Å². The van der Waals surface area contributed by atoms with Crippen LogP contribution in [0, 0.1) is 11.7 Å². The van der Waals surface area contributed by atoms with E-state index in [4.69, 9.17) is 4.74 Å². The van der Waals surface area contributed by atoms with Crippen molar-refractivity contribution in [3.63, 3.8) is 0 Å². The predicted octanol–water partition coefficient (Wildman–Crippen LogP) is 1.84. The molecule has 0 radical (unpaired) electrons. The van der Waals surface area contributed by atoms with Gasteiger partial charge in [0.2, 0.25) is 5.91 Å². The highest BCUT2D eigenvalue weighted by atomic mass is 32.2. The smallest absolute Gasteiger partial charge is 0.414 e. The molecule has 3 unspecified atom stereocenters. The summed E-state index contributed by atoms with van der Waals surface area (Å²) in [5, 5.41) is 2.63. The zero-order valence-corrected chi connectivity index (χ0v) is 14.7. The van der Waals surface area contributed by atoms with E-state index in [-0.39, 0.29) is 18.3 Å². The van der Waals surface area contributed by atoms with E-state index >= 15 is 0 Å². The lowest BCUT2D eigenvalue weighted by molar-refractivity contribution is -0.119. The molecule has 3 aliphatic heterocycles. The molecule has 6 nitrogen and oxygen atoms in total. The number of fused-ring (bicyclic) bond motifs is 1. The van der Waals surface area contributed by atoms with Crippen molar-refractivity contribution in [3.8, 4) is 0 Å². The second-order valence-corrected chi connectivity index (χ2v) is 7.78. The first-order chi connectivity index (χ1) is 12.0. The van der Waals surface area contributed by atoms with Crippen LogP contribution in [-0.4, -0.2) is 55.3 Å². The SMILES string of the molecule is CC(=O)NCC1CN(c2ccc(N3CC4CSCC43)c(F)c2)C(=O)O1. The Balaban J connectivity index is 1.45. The van der Waals surface area contributed by atoms with Gasteiger partial charge < -0.3 is 15.0 Å². The molecular weight excluding hydrogens is 345 g/mol. The van der Waals surface area contributed by atoms with Crippen molar-refractivity contribution in [2.75, 3.05) is 40.9 Å². The molecule has 2 amide bonds. The Bertz CT molecular complexity index is 716. The van der Waals surface area contributed by atoms with Gasteiger partial charge in [-0.05, 0) is 24.0 Å². The first-order valence-corrected chi connectivity index (χ1v) is 9.55. The van der Waals surface area contributed by atoms with Crippen LogP contribution in [0.4, 0.5) is 20.6 Å². The number of benzene rings is 1. The van der Waals surface area contributed by atoms with Crippen LogP contribution in [0.2, 0.25) is 0 Å². The summed E-state index contributed by atoms with van der Waals surface area (Å²) in [5.74, 6) is 2.40. The number of carbonyl (C=O) groups is 2. The second-order valence-electron chi connectivity index (χ2n) is 6.71. The van der Waals surface area contributed by atoms with Crippen LogP contribution in [0.25, 0.3) is 0 Å². The molecule has 0 bridgehead atoms. The van der Waals surface area contributed by atoms with Crippen LogP contribution in [0.15, 0.2) is 18.2 Å². The van der Waals surface area contributed by atoms with Gasteiger partial charge in [0, 0.05) is 31.2 Å². The third-order valence-electron chi connectivity index (χ3n) is 5.00. The third kappa shape index (κ3) is 3.03. The maximum atomic E-state index is 14.6. The molecule has 1 aromatic carbocycles. The average molecular weight is 365 g/mol. The number of ether oxygens (including phenoxy) is 1. The molecule has 1 aromatic rings. The zero-order chi connectivity index (χ0) is 17.6. The van der Waals surface area contributed by atoms with E-state index in [1.165, 1.54) is 17.9 Å². The second kappa shape index (κ2) is 6.40. The number of halogens is 1. The number of cyclic esters (lactones) is 1. The van der Waals surface area contributed by atoms with Crippen LogP contribution in [0.1, 0.15) is 6.92 Å². The Labute approximate surface area is 149 Å². The normalized spacial score (nSPS) is 27.8. The molecule has 4 rings (SSSR count). The minimum absolute atomic E-state index is 0.178. The summed E-state index contributed by atoms with van der Waals surface area (Å²) in [7, 11) is 0. The Hall–Kier alpha value is -1.96. The van der Waals surface area contributed by atoms with E-state index in [9.17, 15) is 14.0 Å². The summed E-state index contributed by atoms with van der Waals surface area (Å²) in [6.07, 6.45) is -0.940. The van der Waals surface area contributed by atoms with Gasteiger partial charge in [-0.2, -0.15) is 11.8 Å². The Morgan fingerprint density at radius 3 is 2.96 bits per heavy atom. The minimum Gasteiger partial charge on any atom is -0.442 e. The molecule has 3 heterocycles. The van der Waals surface area contributed by atoms with Crippen molar-refractivity contribution in [2.24, 2.45) is 5.92 Å². The highest BCUT2D eigenvalue weighted by Crippen LogP contribution is 2.41. The van der Waals surface area contributed by atoms with Crippen LogP contribution in [0.5, 0.6) is 0 Å². The quantitative estimate of drug-likeness (QED) is 0.882. The Morgan fingerprint density at radius 2 is 2.24 bits per heavy atom. The summed E-state index contributed by atoms with van der Waals surface area (Å²) < 4.78 is 19.8. The molecular formula is C17H20FN3O3S. The van der Waals surface area contributed by atoms with Crippen LogP contribution in [0.3, 0.4) is 0 Å². The van der Waals surface area contributed by atoms with Crippen molar-refractivity contribution in [1.82, 2.24) is 5.32 Å². The molecule has 3 aliphatic rings. The number of amides is 2. The topological polar surface area (TPSA) is 61.9 Å². The fourth-order valence-electron chi connectivity index (χ4n) is 3.63. The number of hydrogen-bond acceptors (Lipinski definition) is 5. The lowest BCUT2D eigenvalue weighted by atomic mass is 9.91. The van der Waals surface area contributed by atoms with Gasteiger partial charge >= 0.3 is 6.09 Å². The molecule has 0 saturated carbocycles. The van der Waals surface area contributed by atoms with Gasteiger partial charge in [-0.1, -0.05) is 0 Å². The molecule has 3 fully saturated rings. The van der Waals surface area contributed by atoms with Crippen molar-refractivity contribution >= 4 is 35.1 Å². The summed E-state index contributed by atoms with van der Waals surface area (Å²) >= 11 is 1.92. The van der Waals surface area contributed by atoms with Crippen LogP contribution < -0.4 is 15.1 Å². The van der Waals surface area contributed by atoms with Gasteiger partial charge in [0.25, 0.3) is 0 Å². The van der Waals surface area contributed by atoms with Gasteiger partial charge in [0.15, 0.2) is 0 Å². The van der Waals surface area contributed by atoms with Crippen molar-refractivity contribution < 1.29 is 18.7 Å². The van der Waals surface area contributed by atoms with Crippen molar-refractivity contribution in [3.05, 3.63) is 24.0 Å². The standard InChI is InChI=1S/C17H20FN3O3S/c1-10(22)19-5-13-7-20(17(23)24-13)12-2-3-15(14(18)4-12)21-6-11-8-25-9-16(11)21/h2-4,11,13,16H,5-9H2,1H3,(H,19,22). The lowest BCUT2D eigenvalue weighted by Gasteiger charge is -2.45. The first kappa shape index (κ1) is 16.5. The van der Waals surface area contributed by atoms with Crippen molar-refractivity contribution in [1.29, 1.82) is 0 Å². The minimum atomic E-state index is -0.515. The summed E-state index contributed by atoms with van der Waals surface area (Å²) in [4.78, 5) is 26.5. The lowest BCUT2D eigenvalue weighted by Crippen LogP contribution is -2.56. The zero-order valence-electron chi connectivity index (χ0n) is 13.9. The van der Waals surface area contributed by atoms with E-state index in [0.29, 0.717) is 29.9 Å². The number of rotatable bonds is 4. The number of carbonyl (C=O) groups excluding carboxylic acids is 2. The van der Waals surface area contributed by atoms with Gasteiger partial charge in [-0.25, -0.2) is 9.18 Å². The fourth-order valence-corrected chi connectivity index (χ4v) is 5.09. The Morgan fingerprint density at radius 1 is 1.40 bits per heavy atom. The maximum absolute atomic E-state index is 14.6. The molecule has 1 N–H and O–H groups in total. The summed E-state index contributed by atoms with van der Waals surface area (Å²) in [6.45, 7) is 2.86. The van der Waals surface area contributed by atoms with Gasteiger partial charge in [-0.3, -0.25) is 9.69 Å². The summed E-state index contributed by atoms with van der Waals surface area (Å²) in [6, 6.07) is 5.34. The molecule has 0 aromatic heterocycles. The average Bonchev–Trinajstić information content (AvgIpc) is 3.10. The number of nitrogens with zero attached hydrogens (tertiary/aromatic N) is 2. The molecule has 134 valence electrons. The molecule has 25 heavy (non-hydrogen) atoms. The van der Waals surface area contributed by atoms with E-state index in [0.717, 1.165) is 18.1 Å². The number of hydrogen-bond donors (Lipinski definition) is 1.